The molecule has 1 amide bonds. The fourth-order valence-corrected chi connectivity index (χ4v) is 4.91. The number of amides is 1. The summed E-state index contributed by atoms with van der Waals surface area (Å²) in [4.78, 5) is 37.5. The third kappa shape index (κ3) is 6.26. The van der Waals surface area contributed by atoms with Crippen LogP contribution in [0.15, 0.2) is 48.7 Å². The van der Waals surface area contributed by atoms with Gasteiger partial charge >= 0.3 is 0 Å². The molecule has 4 rings (SSSR count). The topological polar surface area (TPSA) is 102 Å². The van der Waals surface area contributed by atoms with Gasteiger partial charge in [0.25, 0.3) is 5.91 Å². The van der Waals surface area contributed by atoms with Gasteiger partial charge in [0, 0.05) is 61.1 Å². The first-order chi connectivity index (χ1) is 17.8. The molecular formula is C28H32ClN5O3. The van der Waals surface area contributed by atoms with E-state index in [9.17, 15) is 9.59 Å². The Balaban J connectivity index is 1.53. The number of carbonyl (C=O) groups excluding carboxylic acids is 2. The van der Waals surface area contributed by atoms with Crippen LogP contribution in [0.2, 0.25) is 5.02 Å². The maximum absolute atomic E-state index is 12.2. The minimum absolute atomic E-state index is 0.248. The number of benzene rings is 2. The number of primary amides is 1. The van der Waals surface area contributed by atoms with Crippen molar-refractivity contribution in [2.24, 2.45) is 5.73 Å². The van der Waals surface area contributed by atoms with Crippen LogP contribution in [0.3, 0.4) is 0 Å². The van der Waals surface area contributed by atoms with Gasteiger partial charge in [-0.2, -0.15) is 0 Å². The Morgan fingerprint density at radius 2 is 1.84 bits per heavy atom. The number of aromatic nitrogens is 2. The number of rotatable bonds is 9. The van der Waals surface area contributed by atoms with Crippen LogP contribution in [-0.2, 0) is 17.6 Å². The van der Waals surface area contributed by atoms with E-state index in [0.29, 0.717) is 34.6 Å². The van der Waals surface area contributed by atoms with Crippen molar-refractivity contribution in [3.63, 3.8) is 0 Å². The van der Waals surface area contributed by atoms with Gasteiger partial charge in [-0.25, -0.2) is 9.97 Å². The maximum Gasteiger partial charge on any atom is 0.289 e. The predicted octanol–water partition coefficient (Wildman–Crippen LogP) is 3.52. The lowest BCUT2D eigenvalue weighted by Crippen LogP contribution is -2.41. The van der Waals surface area contributed by atoms with Crippen molar-refractivity contribution in [2.75, 3.05) is 39.2 Å². The molecule has 0 unspecified atom stereocenters. The highest BCUT2D eigenvalue weighted by Crippen LogP contribution is 2.30. The Morgan fingerprint density at radius 3 is 2.51 bits per heavy atom. The van der Waals surface area contributed by atoms with E-state index in [2.05, 4.69) is 52.1 Å². The van der Waals surface area contributed by atoms with E-state index >= 15 is 0 Å². The van der Waals surface area contributed by atoms with Crippen LogP contribution in [0.4, 0.5) is 5.69 Å². The lowest BCUT2D eigenvalue weighted by molar-refractivity contribution is -0.114. The summed E-state index contributed by atoms with van der Waals surface area (Å²) in [7, 11) is 5.95. The molecule has 0 atom stereocenters. The zero-order chi connectivity index (χ0) is 26.5. The molecule has 1 saturated heterocycles. The molecule has 9 heteroatoms. The molecule has 3 aromatic rings. The Labute approximate surface area is 222 Å². The number of methoxy groups -OCH3 is 1. The Bertz CT molecular complexity index is 1290. The molecule has 2 aromatic carbocycles. The standard InChI is InChI=1S/C28H32ClN5O3/c1-33(2)20-10-12-34(13-11-20)21-9-8-19(25(16-21)37-3)15-26-31-17-23(29)24(32-26)14-18-6-4-5-7-22(18)27(35)28(30)36/h4-9,16-17,20H,10-15H2,1-3H3,(H2,30,36). The van der Waals surface area contributed by atoms with Gasteiger partial charge < -0.3 is 20.3 Å². The van der Waals surface area contributed by atoms with Gasteiger partial charge in [0.1, 0.15) is 11.6 Å². The number of hydrogen-bond donors (Lipinski definition) is 1. The molecule has 1 fully saturated rings. The predicted molar refractivity (Wildman–Crippen MR) is 145 cm³/mol. The van der Waals surface area contributed by atoms with Gasteiger partial charge in [-0.15, -0.1) is 0 Å². The van der Waals surface area contributed by atoms with E-state index in [0.717, 1.165) is 42.9 Å². The summed E-state index contributed by atoms with van der Waals surface area (Å²) < 4.78 is 5.72. The van der Waals surface area contributed by atoms with Gasteiger partial charge in [0.15, 0.2) is 0 Å². The highest BCUT2D eigenvalue weighted by Gasteiger charge is 2.22. The van der Waals surface area contributed by atoms with Crippen molar-refractivity contribution >= 4 is 29.0 Å². The zero-order valence-corrected chi connectivity index (χ0v) is 22.2. The van der Waals surface area contributed by atoms with E-state index in [1.807, 2.05) is 0 Å². The summed E-state index contributed by atoms with van der Waals surface area (Å²) >= 11 is 6.40. The fraction of sp³-hybridized carbons (Fsp3) is 0.357. The highest BCUT2D eigenvalue weighted by molar-refractivity contribution is 6.42. The maximum atomic E-state index is 12.2. The van der Waals surface area contributed by atoms with Crippen molar-refractivity contribution in [3.05, 3.63) is 81.9 Å². The Kier molecular flexibility index (Phi) is 8.41. The molecule has 1 aliphatic rings. The molecule has 0 radical (unpaired) electrons. The van der Waals surface area contributed by atoms with Crippen LogP contribution in [-0.4, -0.2) is 66.9 Å². The average Bonchev–Trinajstić information content (AvgIpc) is 2.90. The van der Waals surface area contributed by atoms with Crippen LogP contribution >= 0.6 is 11.6 Å². The first kappa shape index (κ1) is 26.6. The summed E-state index contributed by atoms with van der Waals surface area (Å²) in [6.45, 7) is 2.02. The van der Waals surface area contributed by atoms with Gasteiger partial charge in [0.2, 0.25) is 5.78 Å². The van der Waals surface area contributed by atoms with Crippen molar-refractivity contribution < 1.29 is 14.3 Å². The van der Waals surface area contributed by atoms with Crippen LogP contribution in [0.25, 0.3) is 0 Å². The molecule has 0 aliphatic carbocycles. The van der Waals surface area contributed by atoms with E-state index < -0.39 is 11.7 Å². The molecule has 8 nitrogen and oxygen atoms in total. The molecule has 1 aromatic heterocycles. The molecule has 0 spiro atoms. The second-order valence-corrected chi connectivity index (χ2v) is 9.87. The SMILES string of the molecule is COc1cc(N2CCC(N(C)C)CC2)ccc1Cc1ncc(Cl)c(Cc2ccccc2C(=O)C(N)=O)n1. The number of ketones is 1. The minimum Gasteiger partial charge on any atom is -0.496 e. The molecular weight excluding hydrogens is 490 g/mol. The van der Waals surface area contributed by atoms with Gasteiger partial charge in [-0.05, 0) is 38.6 Å². The lowest BCUT2D eigenvalue weighted by Gasteiger charge is -2.36. The van der Waals surface area contributed by atoms with Crippen LogP contribution in [0, 0.1) is 0 Å². The van der Waals surface area contributed by atoms with Crippen LogP contribution in [0.5, 0.6) is 5.75 Å². The second kappa shape index (κ2) is 11.7. The normalized spacial score (nSPS) is 14.1. The van der Waals surface area contributed by atoms with Crippen LogP contribution < -0.4 is 15.4 Å². The number of anilines is 1. The summed E-state index contributed by atoms with van der Waals surface area (Å²) in [6.07, 6.45) is 4.55. The summed E-state index contributed by atoms with van der Waals surface area (Å²) in [6, 6.07) is 13.7. The summed E-state index contributed by atoms with van der Waals surface area (Å²) in [5, 5.41) is 0.383. The largest absolute Gasteiger partial charge is 0.496 e. The summed E-state index contributed by atoms with van der Waals surface area (Å²) in [5.74, 6) is -0.378. The first-order valence-electron chi connectivity index (χ1n) is 12.3. The van der Waals surface area contributed by atoms with E-state index in [1.54, 1.807) is 37.6 Å². The molecule has 0 bridgehead atoms. The molecule has 194 valence electrons. The van der Waals surface area contributed by atoms with Crippen LogP contribution in [0.1, 0.15) is 45.8 Å². The van der Waals surface area contributed by atoms with E-state index in [1.165, 1.54) is 0 Å². The van der Waals surface area contributed by atoms with E-state index in [4.69, 9.17) is 22.1 Å². The number of hydrogen-bond acceptors (Lipinski definition) is 7. The molecule has 0 saturated carbocycles. The lowest BCUT2D eigenvalue weighted by atomic mass is 9.99. The van der Waals surface area contributed by atoms with Crippen molar-refractivity contribution in [2.45, 2.75) is 31.7 Å². The number of piperidine rings is 1. The first-order valence-corrected chi connectivity index (χ1v) is 12.6. The quantitative estimate of drug-likeness (QED) is 0.339. The number of nitrogens with zero attached hydrogens (tertiary/aromatic N) is 4. The molecule has 1 aliphatic heterocycles. The minimum atomic E-state index is -1.00. The second-order valence-electron chi connectivity index (χ2n) is 9.46. The summed E-state index contributed by atoms with van der Waals surface area (Å²) in [5.41, 5.74) is 8.76. The smallest absolute Gasteiger partial charge is 0.289 e. The fourth-order valence-electron chi connectivity index (χ4n) is 4.75. The molecule has 37 heavy (non-hydrogen) atoms. The van der Waals surface area contributed by atoms with Crippen molar-refractivity contribution in [3.8, 4) is 5.75 Å². The van der Waals surface area contributed by atoms with Crippen molar-refractivity contribution in [1.29, 1.82) is 0 Å². The Morgan fingerprint density at radius 1 is 1.11 bits per heavy atom. The third-order valence-electron chi connectivity index (χ3n) is 6.89. The number of carbonyl (C=O) groups is 2. The Hall–Kier alpha value is -3.49. The van der Waals surface area contributed by atoms with E-state index in [-0.39, 0.29) is 12.0 Å². The average molecular weight is 522 g/mol. The number of ether oxygens (including phenoxy) is 1. The van der Waals surface area contributed by atoms with Gasteiger partial charge in [-0.3, -0.25) is 9.59 Å². The number of halogens is 1. The van der Waals surface area contributed by atoms with Gasteiger partial charge in [-0.1, -0.05) is 41.9 Å². The van der Waals surface area contributed by atoms with Gasteiger partial charge in [0.05, 0.1) is 17.8 Å². The zero-order valence-electron chi connectivity index (χ0n) is 21.4. The third-order valence-corrected chi connectivity index (χ3v) is 7.21. The molecule has 2 heterocycles. The molecule has 2 N–H and O–H groups in total. The van der Waals surface area contributed by atoms with Crippen molar-refractivity contribution in [1.82, 2.24) is 14.9 Å². The monoisotopic (exact) mass is 521 g/mol. The number of nitrogens with two attached hydrogens (primary N) is 1. The highest BCUT2D eigenvalue weighted by atomic mass is 35.5. The number of Topliss-reactive ketones (excluding diaryl/α,β-unsaturated/α-hetero) is 1.